The fourth-order valence-electron chi connectivity index (χ4n) is 1.42. The second-order valence-electron chi connectivity index (χ2n) is 3.20. The highest BCUT2D eigenvalue weighted by molar-refractivity contribution is 6.32. The zero-order chi connectivity index (χ0) is 12.4. The molecule has 5 nitrogen and oxygen atoms in total. The molecule has 1 aromatic carbocycles. The Morgan fingerprint density at radius 2 is 2.29 bits per heavy atom. The summed E-state index contributed by atoms with van der Waals surface area (Å²) in [5, 5.41) is 12.8. The largest absolute Gasteiger partial charge is 0.494 e. The van der Waals surface area contributed by atoms with Crippen molar-refractivity contribution < 1.29 is 19.2 Å². The fraction of sp³-hybridized carbons (Fsp3) is 0.0909. The van der Waals surface area contributed by atoms with Crippen molar-refractivity contribution in [1.29, 1.82) is 0 Å². The first-order chi connectivity index (χ1) is 8.13. The molecule has 2 rings (SSSR count). The second kappa shape index (κ2) is 4.47. The molecule has 1 N–H and O–H groups in total. The number of nitrogens with zero attached hydrogens (tertiary/aromatic N) is 1. The predicted molar refractivity (Wildman–Crippen MR) is 60.5 cm³/mol. The summed E-state index contributed by atoms with van der Waals surface area (Å²) in [5.74, 6) is -0.980. The molecule has 0 radical (unpaired) electrons. The average Bonchev–Trinajstić information content (AvgIpc) is 2.77. The Bertz CT molecular complexity index is 564. The van der Waals surface area contributed by atoms with Gasteiger partial charge in [0.15, 0.2) is 0 Å². The van der Waals surface area contributed by atoms with Crippen molar-refractivity contribution in [2.45, 2.75) is 0 Å². The van der Waals surface area contributed by atoms with E-state index in [-0.39, 0.29) is 5.76 Å². The molecule has 88 valence electrons. The van der Waals surface area contributed by atoms with Gasteiger partial charge in [-0.15, -0.1) is 0 Å². The SMILES string of the molecule is COc1c(Cl)cccc1-c1cc(C(=O)O)on1. The monoisotopic (exact) mass is 253 g/mol. The molecule has 0 spiro atoms. The van der Waals surface area contributed by atoms with Crippen LogP contribution in [0, 0.1) is 0 Å². The number of hydrogen-bond donors (Lipinski definition) is 1. The van der Waals surface area contributed by atoms with Crippen LogP contribution in [-0.2, 0) is 0 Å². The van der Waals surface area contributed by atoms with E-state index in [4.69, 9.17) is 21.4 Å². The number of methoxy groups -OCH3 is 1. The van der Waals surface area contributed by atoms with Crippen molar-refractivity contribution in [2.75, 3.05) is 7.11 Å². The summed E-state index contributed by atoms with van der Waals surface area (Å²) >= 11 is 5.95. The molecule has 0 unspecified atom stereocenters. The van der Waals surface area contributed by atoms with Gasteiger partial charge in [0.25, 0.3) is 0 Å². The van der Waals surface area contributed by atoms with Gasteiger partial charge < -0.3 is 14.4 Å². The topological polar surface area (TPSA) is 72.6 Å². The molecule has 0 bridgehead atoms. The van der Waals surface area contributed by atoms with Crippen LogP contribution < -0.4 is 4.74 Å². The highest BCUT2D eigenvalue weighted by Gasteiger charge is 2.16. The maximum Gasteiger partial charge on any atom is 0.374 e. The number of carboxylic acids is 1. The summed E-state index contributed by atoms with van der Waals surface area (Å²) in [4.78, 5) is 10.7. The number of benzene rings is 1. The van der Waals surface area contributed by atoms with E-state index in [1.807, 2.05) is 0 Å². The van der Waals surface area contributed by atoms with Crippen LogP contribution in [0.15, 0.2) is 28.8 Å². The van der Waals surface area contributed by atoms with Gasteiger partial charge in [-0.25, -0.2) is 4.79 Å². The molecule has 0 fully saturated rings. The average molecular weight is 254 g/mol. The predicted octanol–water partition coefficient (Wildman–Crippen LogP) is 2.70. The van der Waals surface area contributed by atoms with Gasteiger partial charge in [0.2, 0.25) is 5.76 Å². The molecule has 0 atom stereocenters. The lowest BCUT2D eigenvalue weighted by Gasteiger charge is -2.06. The van der Waals surface area contributed by atoms with E-state index in [0.717, 1.165) is 0 Å². The summed E-state index contributed by atoms with van der Waals surface area (Å²) < 4.78 is 9.81. The Morgan fingerprint density at radius 3 is 2.88 bits per heavy atom. The van der Waals surface area contributed by atoms with Gasteiger partial charge in [0, 0.05) is 11.6 Å². The zero-order valence-corrected chi connectivity index (χ0v) is 9.56. The van der Waals surface area contributed by atoms with Crippen LogP contribution in [0.3, 0.4) is 0 Å². The number of carboxylic acid groups (broad SMARTS) is 1. The maximum atomic E-state index is 10.7. The third-order valence-electron chi connectivity index (χ3n) is 2.17. The quantitative estimate of drug-likeness (QED) is 0.910. The summed E-state index contributed by atoms with van der Waals surface area (Å²) in [5.41, 5.74) is 0.943. The van der Waals surface area contributed by atoms with E-state index in [0.29, 0.717) is 22.0 Å². The van der Waals surface area contributed by atoms with Gasteiger partial charge in [-0.1, -0.05) is 22.8 Å². The summed E-state index contributed by atoms with van der Waals surface area (Å²) in [6, 6.07) is 6.42. The second-order valence-corrected chi connectivity index (χ2v) is 3.61. The van der Waals surface area contributed by atoms with E-state index in [2.05, 4.69) is 9.68 Å². The number of aromatic nitrogens is 1. The highest BCUT2D eigenvalue weighted by atomic mass is 35.5. The standard InChI is InChI=1S/C11H8ClNO4/c1-16-10-6(3-2-4-7(10)12)8-5-9(11(14)15)17-13-8/h2-5H,1H3,(H,14,15). The molecule has 1 heterocycles. The number of aromatic carboxylic acids is 1. The lowest BCUT2D eigenvalue weighted by molar-refractivity contribution is 0.0652. The van der Waals surface area contributed by atoms with Crippen molar-refractivity contribution in [3.63, 3.8) is 0 Å². The zero-order valence-electron chi connectivity index (χ0n) is 8.81. The van der Waals surface area contributed by atoms with Crippen molar-refractivity contribution in [1.82, 2.24) is 5.16 Å². The van der Waals surface area contributed by atoms with E-state index >= 15 is 0 Å². The highest BCUT2D eigenvalue weighted by Crippen LogP contribution is 2.35. The van der Waals surface area contributed by atoms with E-state index in [1.165, 1.54) is 13.2 Å². The lowest BCUT2D eigenvalue weighted by Crippen LogP contribution is -1.92. The molecule has 0 amide bonds. The molecule has 17 heavy (non-hydrogen) atoms. The first kappa shape index (κ1) is 11.5. The third-order valence-corrected chi connectivity index (χ3v) is 2.47. The number of carbonyl (C=O) groups is 1. The van der Waals surface area contributed by atoms with Crippen LogP contribution in [-0.4, -0.2) is 23.3 Å². The number of hydrogen-bond acceptors (Lipinski definition) is 4. The fourth-order valence-corrected chi connectivity index (χ4v) is 1.67. The van der Waals surface area contributed by atoms with Crippen molar-refractivity contribution >= 4 is 17.6 Å². The first-order valence-electron chi connectivity index (χ1n) is 4.66. The van der Waals surface area contributed by atoms with Crippen LogP contribution in [0.5, 0.6) is 5.75 Å². The normalized spacial score (nSPS) is 10.2. The van der Waals surface area contributed by atoms with Gasteiger partial charge in [-0.05, 0) is 12.1 Å². The molecule has 0 saturated heterocycles. The minimum absolute atomic E-state index is 0.234. The molecule has 0 aliphatic heterocycles. The van der Waals surface area contributed by atoms with Gasteiger partial charge in [0.1, 0.15) is 11.4 Å². The van der Waals surface area contributed by atoms with Crippen molar-refractivity contribution in [3.05, 3.63) is 35.0 Å². The molecular weight excluding hydrogens is 246 g/mol. The third kappa shape index (κ3) is 2.09. The molecular formula is C11H8ClNO4. The molecule has 6 heteroatoms. The first-order valence-corrected chi connectivity index (χ1v) is 5.04. The van der Waals surface area contributed by atoms with Gasteiger partial charge >= 0.3 is 5.97 Å². The van der Waals surface area contributed by atoms with Crippen LogP contribution in [0.1, 0.15) is 10.6 Å². The Kier molecular flexibility index (Phi) is 3.01. The molecule has 0 saturated carbocycles. The molecule has 2 aromatic rings. The van der Waals surface area contributed by atoms with Crippen molar-refractivity contribution in [2.24, 2.45) is 0 Å². The van der Waals surface area contributed by atoms with E-state index < -0.39 is 5.97 Å². The maximum absolute atomic E-state index is 10.7. The van der Waals surface area contributed by atoms with Crippen LogP contribution >= 0.6 is 11.6 Å². The minimum atomic E-state index is -1.18. The molecule has 0 aliphatic rings. The van der Waals surface area contributed by atoms with Crippen molar-refractivity contribution in [3.8, 4) is 17.0 Å². The van der Waals surface area contributed by atoms with Crippen LogP contribution in [0.4, 0.5) is 0 Å². The summed E-state index contributed by atoms with van der Waals surface area (Å²) in [7, 11) is 1.48. The Balaban J connectivity index is 2.52. The van der Waals surface area contributed by atoms with Gasteiger partial charge in [0.05, 0.1) is 12.1 Å². The number of ether oxygens (including phenoxy) is 1. The minimum Gasteiger partial charge on any atom is -0.494 e. The van der Waals surface area contributed by atoms with E-state index in [9.17, 15) is 4.79 Å². The number of para-hydroxylation sites is 1. The Labute approximate surface area is 102 Å². The number of rotatable bonds is 3. The lowest BCUT2D eigenvalue weighted by atomic mass is 10.1. The summed E-state index contributed by atoms with van der Waals surface area (Å²) in [6.45, 7) is 0. The van der Waals surface area contributed by atoms with Crippen LogP contribution in [0.25, 0.3) is 11.3 Å². The van der Waals surface area contributed by atoms with Gasteiger partial charge in [-0.3, -0.25) is 0 Å². The Hall–Kier alpha value is -2.01. The number of halogens is 1. The Morgan fingerprint density at radius 1 is 1.53 bits per heavy atom. The summed E-state index contributed by atoms with van der Waals surface area (Å²) in [6.07, 6.45) is 0. The molecule has 0 aliphatic carbocycles. The van der Waals surface area contributed by atoms with Gasteiger partial charge in [-0.2, -0.15) is 0 Å². The van der Waals surface area contributed by atoms with E-state index in [1.54, 1.807) is 18.2 Å². The smallest absolute Gasteiger partial charge is 0.374 e. The van der Waals surface area contributed by atoms with Crippen LogP contribution in [0.2, 0.25) is 5.02 Å². The molecule has 1 aromatic heterocycles.